The Morgan fingerprint density at radius 2 is 0.739 bits per heavy atom. The van der Waals surface area contributed by atoms with Gasteiger partial charge in [-0.3, -0.25) is 0 Å². The third kappa shape index (κ3) is 22.6. The molecule has 0 aliphatic heterocycles. The number of para-hydroxylation sites is 2. The maximum Gasteiger partial charge on any atom is 0.338 e. The highest BCUT2D eigenvalue weighted by Crippen LogP contribution is 2.19. The van der Waals surface area contributed by atoms with Crippen LogP contribution in [0.4, 0.5) is 5.69 Å². The van der Waals surface area contributed by atoms with Crippen LogP contribution in [0.3, 0.4) is 0 Å². The lowest BCUT2D eigenvalue weighted by Crippen LogP contribution is -2.15. The van der Waals surface area contributed by atoms with E-state index in [-0.39, 0.29) is 12.6 Å². The molecule has 0 aromatic heterocycles. The van der Waals surface area contributed by atoms with E-state index in [4.69, 9.17) is 57.8 Å². The number of esters is 1. The van der Waals surface area contributed by atoms with E-state index in [0.29, 0.717) is 143 Å². The molecular weight excluding hydrogens is 602 g/mol. The van der Waals surface area contributed by atoms with Crippen molar-refractivity contribution < 1.29 is 56.9 Å². The first kappa shape index (κ1) is 39.3. The van der Waals surface area contributed by atoms with Gasteiger partial charge in [0.05, 0.1) is 130 Å². The average molecular weight is 654 g/mol. The largest absolute Gasteiger partial charge is 0.489 e. The molecule has 0 saturated heterocycles. The van der Waals surface area contributed by atoms with Gasteiger partial charge >= 0.3 is 5.97 Å². The van der Waals surface area contributed by atoms with Crippen molar-refractivity contribution >= 4 is 11.7 Å². The Morgan fingerprint density at radius 1 is 0.413 bits per heavy atom. The first-order valence-electron chi connectivity index (χ1n) is 15.7. The fraction of sp³-hybridized carbons (Fsp3) is 0.606. The number of hydrogen-bond donors (Lipinski definition) is 1. The summed E-state index contributed by atoms with van der Waals surface area (Å²) in [6.07, 6.45) is 0. The molecule has 2 aromatic rings. The molecule has 0 saturated carbocycles. The van der Waals surface area contributed by atoms with Gasteiger partial charge in [0, 0.05) is 0 Å². The number of carbonyl (C=O) groups is 1. The molecule has 0 atom stereocenters. The highest BCUT2D eigenvalue weighted by molar-refractivity contribution is 5.89. The zero-order valence-electron chi connectivity index (χ0n) is 26.8. The maximum absolute atomic E-state index is 11.8. The normalized spacial score (nSPS) is 11.1. The van der Waals surface area contributed by atoms with Gasteiger partial charge in [-0.1, -0.05) is 30.3 Å². The van der Waals surface area contributed by atoms with E-state index in [0.717, 1.165) is 0 Å². The van der Waals surface area contributed by atoms with Crippen molar-refractivity contribution in [3.63, 3.8) is 0 Å². The zero-order valence-corrected chi connectivity index (χ0v) is 26.8. The van der Waals surface area contributed by atoms with Crippen LogP contribution in [0.5, 0.6) is 5.75 Å². The molecular formula is C33H51NO12. The number of hydrogen-bond acceptors (Lipinski definition) is 13. The lowest BCUT2D eigenvalue weighted by molar-refractivity contribution is -0.0262. The smallest absolute Gasteiger partial charge is 0.338 e. The van der Waals surface area contributed by atoms with Crippen LogP contribution in [0, 0.1) is 0 Å². The standard InChI is InChI=1S/C33H51NO12/c34-31-8-4-5-9-32(31)45-28-26-43-24-22-41-20-18-39-16-14-37-12-10-36-11-13-38-15-17-40-19-21-42-23-25-44-27-29-46-33(35)30-6-2-1-3-7-30/h1-9H,10-29,34H2. The molecule has 13 heteroatoms. The molecule has 2 aromatic carbocycles. The Bertz CT molecular complexity index is 969. The van der Waals surface area contributed by atoms with Crippen molar-refractivity contribution in [3.8, 4) is 5.75 Å². The summed E-state index contributed by atoms with van der Waals surface area (Å²) in [5.41, 5.74) is 6.95. The molecule has 0 aliphatic rings. The number of nitrogens with two attached hydrogens (primary N) is 1. The fourth-order valence-corrected chi connectivity index (χ4v) is 3.53. The van der Waals surface area contributed by atoms with Gasteiger partial charge in [-0.25, -0.2) is 4.79 Å². The van der Waals surface area contributed by atoms with E-state index < -0.39 is 0 Å². The molecule has 260 valence electrons. The Balaban J connectivity index is 1.16. The van der Waals surface area contributed by atoms with E-state index in [1.807, 2.05) is 24.3 Å². The molecule has 0 heterocycles. The van der Waals surface area contributed by atoms with Crippen LogP contribution in [0.15, 0.2) is 54.6 Å². The van der Waals surface area contributed by atoms with Gasteiger partial charge in [-0.2, -0.15) is 0 Å². The molecule has 2 N–H and O–H groups in total. The van der Waals surface area contributed by atoms with Crippen LogP contribution in [-0.4, -0.2) is 138 Å². The van der Waals surface area contributed by atoms with Gasteiger partial charge < -0.3 is 57.8 Å². The third-order valence-electron chi connectivity index (χ3n) is 5.85. The maximum atomic E-state index is 11.8. The number of carbonyl (C=O) groups excluding carboxylic acids is 1. The second-order valence-electron chi connectivity index (χ2n) is 9.40. The van der Waals surface area contributed by atoms with Gasteiger partial charge in [-0.15, -0.1) is 0 Å². The topological polar surface area (TPSA) is 145 Å². The Kier molecular flexibility index (Phi) is 25.3. The lowest BCUT2D eigenvalue weighted by atomic mass is 10.2. The van der Waals surface area contributed by atoms with Gasteiger partial charge in [-0.05, 0) is 24.3 Å². The van der Waals surface area contributed by atoms with Gasteiger partial charge in [0.2, 0.25) is 0 Å². The summed E-state index contributed by atoms with van der Waals surface area (Å²) in [5.74, 6) is 0.307. The van der Waals surface area contributed by atoms with Crippen LogP contribution in [0.1, 0.15) is 10.4 Å². The van der Waals surface area contributed by atoms with E-state index in [2.05, 4.69) is 0 Å². The highest BCUT2D eigenvalue weighted by Gasteiger charge is 2.05. The monoisotopic (exact) mass is 653 g/mol. The molecule has 46 heavy (non-hydrogen) atoms. The van der Waals surface area contributed by atoms with E-state index in [1.54, 1.807) is 30.3 Å². The van der Waals surface area contributed by atoms with Gasteiger partial charge in [0.1, 0.15) is 19.0 Å². The number of benzene rings is 2. The molecule has 0 fully saturated rings. The fourth-order valence-electron chi connectivity index (χ4n) is 3.53. The first-order valence-corrected chi connectivity index (χ1v) is 15.7. The van der Waals surface area contributed by atoms with Crippen LogP contribution in [0.2, 0.25) is 0 Å². The Labute approximate surface area is 272 Å². The molecule has 0 spiro atoms. The van der Waals surface area contributed by atoms with Crippen LogP contribution < -0.4 is 10.5 Å². The average Bonchev–Trinajstić information content (AvgIpc) is 3.08. The predicted molar refractivity (Wildman–Crippen MR) is 170 cm³/mol. The molecule has 0 aliphatic carbocycles. The van der Waals surface area contributed by atoms with Crippen LogP contribution in [-0.2, 0) is 47.4 Å². The van der Waals surface area contributed by atoms with Crippen LogP contribution >= 0.6 is 0 Å². The van der Waals surface area contributed by atoms with Gasteiger partial charge in [0.25, 0.3) is 0 Å². The van der Waals surface area contributed by atoms with Crippen molar-refractivity contribution in [2.75, 3.05) is 138 Å². The van der Waals surface area contributed by atoms with Crippen LogP contribution in [0.25, 0.3) is 0 Å². The molecule has 0 bridgehead atoms. The number of rotatable bonds is 32. The second kappa shape index (κ2) is 29.5. The molecule has 2 rings (SSSR count). The zero-order chi connectivity index (χ0) is 32.6. The number of ether oxygens (including phenoxy) is 11. The summed E-state index contributed by atoms with van der Waals surface area (Å²) in [5, 5.41) is 0. The minimum absolute atomic E-state index is 0.200. The predicted octanol–water partition coefficient (Wildman–Crippen LogP) is 2.65. The van der Waals surface area contributed by atoms with E-state index in [9.17, 15) is 4.79 Å². The van der Waals surface area contributed by atoms with Crippen molar-refractivity contribution in [3.05, 3.63) is 60.2 Å². The van der Waals surface area contributed by atoms with Crippen molar-refractivity contribution in [2.24, 2.45) is 0 Å². The molecule has 0 amide bonds. The summed E-state index contributed by atoms with van der Waals surface area (Å²) in [7, 11) is 0. The molecule has 0 unspecified atom stereocenters. The summed E-state index contributed by atoms with van der Waals surface area (Å²) in [6.45, 7) is 9.12. The molecule has 0 radical (unpaired) electrons. The van der Waals surface area contributed by atoms with E-state index >= 15 is 0 Å². The van der Waals surface area contributed by atoms with Gasteiger partial charge in [0.15, 0.2) is 0 Å². The SMILES string of the molecule is Nc1ccccc1OCCOCCOCCOCCOCCOCCOCCOCCOCCOCCOC(=O)c1ccccc1. The lowest BCUT2D eigenvalue weighted by Gasteiger charge is -2.09. The summed E-state index contributed by atoms with van der Waals surface area (Å²) < 4.78 is 59.8. The van der Waals surface area contributed by atoms with Crippen molar-refractivity contribution in [1.29, 1.82) is 0 Å². The summed E-state index contributed by atoms with van der Waals surface area (Å²) >= 11 is 0. The summed E-state index contributed by atoms with van der Waals surface area (Å²) in [4.78, 5) is 11.8. The quantitative estimate of drug-likeness (QED) is 0.0703. The molecule has 13 nitrogen and oxygen atoms in total. The third-order valence-corrected chi connectivity index (χ3v) is 5.85. The Morgan fingerprint density at radius 3 is 1.13 bits per heavy atom. The first-order chi connectivity index (χ1) is 22.8. The second-order valence-corrected chi connectivity index (χ2v) is 9.40. The van der Waals surface area contributed by atoms with Crippen molar-refractivity contribution in [2.45, 2.75) is 0 Å². The Hall–Kier alpha value is -2.85. The van der Waals surface area contributed by atoms with E-state index in [1.165, 1.54) is 0 Å². The van der Waals surface area contributed by atoms with Crippen molar-refractivity contribution in [1.82, 2.24) is 0 Å². The summed E-state index contributed by atoms with van der Waals surface area (Å²) in [6, 6.07) is 16.2. The number of nitrogen functional groups attached to an aromatic ring is 1. The minimum atomic E-state index is -0.357. The number of anilines is 1. The highest BCUT2D eigenvalue weighted by atomic mass is 16.6. The minimum Gasteiger partial charge on any atom is -0.489 e.